The highest BCUT2D eigenvalue weighted by Gasteiger charge is 2.18. The van der Waals surface area contributed by atoms with Crippen LogP contribution in [0.1, 0.15) is 11.8 Å². The van der Waals surface area contributed by atoms with Crippen molar-refractivity contribution in [2.75, 3.05) is 18.5 Å². The van der Waals surface area contributed by atoms with E-state index in [1.54, 1.807) is 17.4 Å². The van der Waals surface area contributed by atoms with E-state index in [9.17, 15) is 4.79 Å². The van der Waals surface area contributed by atoms with Crippen molar-refractivity contribution >= 4 is 40.0 Å². The maximum absolute atomic E-state index is 11.7. The minimum Gasteiger partial charge on any atom is -0.482 e. The van der Waals surface area contributed by atoms with Gasteiger partial charge in [0, 0.05) is 10.9 Å². The first-order valence-electron chi connectivity index (χ1n) is 8.64. The molecule has 1 N–H and O–H groups in total. The third-order valence-corrected chi connectivity index (χ3v) is 5.91. The van der Waals surface area contributed by atoms with Crippen LogP contribution in [0.3, 0.4) is 0 Å². The maximum atomic E-state index is 11.7. The number of thiophene rings is 1. The Bertz CT molecular complexity index is 1120. The lowest BCUT2D eigenvalue weighted by Crippen LogP contribution is -2.25. The monoisotopic (exact) mass is 410 g/mol. The van der Waals surface area contributed by atoms with Crippen molar-refractivity contribution in [3.8, 4) is 17.0 Å². The van der Waals surface area contributed by atoms with Crippen molar-refractivity contribution in [2.45, 2.75) is 6.92 Å². The van der Waals surface area contributed by atoms with Gasteiger partial charge < -0.3 is 10.1 Å². The Morgan fingerprint density at radius 2 is 2.29 bits per heavy atom. The predicted octanol–water partition coefficient (Wildman–Crippen LogP) is 3.97. The van der Waals surface area contributed by atoms with Gasteiger partial charge in [0.05, 0.1) is 28.5 Å². The summed E-state index contributed by atoms with van der Waals surface area (Å²) >= 11 is 3.16. The van der Waals surface area contributed by atoms with Gasteiger partial charge in [0.15, 0.2) is 6.61 Å². The van der Waals surface area contributed by atoms with Crippen LogP contribution in [0.25, 0.3) is 11.3 Å². The molecule has 3 heterocycles. The standard InChI is InChI=1S/C20H18N4O2S2/c1-3-8-21-20-24(23-13(2)18-5-4-9-27-18)16(12-28-20)14-6-7-17-15(10-14)22-19(25)11-26-17/h3-7,9-10,12H,1,8,11H2,2H3,(H,22,25). The van der Waals surface area contributed by atoms with Crippen molar-refractivity contribution in [1.82, 2.24) is 4.68 Å². The van der Waals surface area contributed by atoms with Crippen molar-refractivity contribution in [2.24, 2.45) is 10.1 Å². The third kappa shape index (κ3) is 3.69. The van der Waals surface area contributed by atoms with Crippen molar-refractivity contribution in [3.63, 3.8) is 0 Å². The summed E-state index contributed by atoms with van der Waals surface area (Å²) in [6.07, 6.45) is 1.76. The van der Waals surface area contributed by atoms with Crippen molar-refractivity contribution < 1.29 is 9.53 Å². The quantitative estimate of drug-likeness (QED) is 0.511. The predicted molar refractivity (Wildman–Crippen MR) is 114 cm³/mol. The van der Waals surface area contributed by atoms with Crippen LogP contribution in [0.2, 0.25) is 0 Å². The van der Waals surface area contributed by atoms with E-state index < -0.39 is 0 Å². The van der Waals surface area contributed by atoms with Crippen LogP contribution in [0.15, 0.2) is 63.8 Å². The molecule has 0 saturated heterocycles. The number of benzene rings is 1. The number of carbonyl (C=O) groups excluding carboxylic acids is 1. The van der Waals surface area contributed by atoms with Crippen LogP contribution in [0.5, 0.6) is 5.75 Å². The zero-order valence-corrected chi connectivity index (χ0v) is 16.8. The molecule has 0 aliphatic carbocycles. The number of ether oxygens (including phenoxy) is 1. The highest BCUT2D eigenvalue weighted by molar-refractivity contribution is 7.12. The summed E-state index contributed by atoms with van der Waals surface area (Å²) in [6, 6.07) is 9.78. The lowest BCUT2D eigenvalue weighted by Gasteiger charge is -2.18. The highest BCUT2D eigenvalue weighted by atomic mass is 32.1. The van der Waals surface area contributed by atoms with Crippen LogP contribution >= 0.6 is 22.7 Å². The van der Waals surface area contributed by atoms with Crippen LogP contribution in [-0.2, 0) is 4.79 Å². The summed E-state index contributed by atoms with van der Waals surface area (Å²) in [7, 11) is 0. The molecule has 6 nitrogen and oxygen atoms in total. The van der Waals surface area contributed by atoms with E-state index in [1.807, 2.05) is 52.7 Å². The molecule has 0 fully saturated rings. The normalized spacial score (nSPS) is 14.4. The molecule has 1 aliphatic rings. The molecular weight excluding hydrogens is 392 g/mol. The van der Waals surface area contributed by atoms with Gasteiger partial charge in [-0.3, -0.25) is 9.79 Å². The topological polar surface area (TPSA) is 68.0 Å². The summed E-state index contributed by atoms with van der Waals surface area (Å²) in [5.41, 5.74) is 3.38. The van der Waals surface area contributed by atoms with Gasteiger partial charge in [-0.15, -0.1) is 29.3 Å². The number of nitrogens with one attached hydrogen (secondary N) is 1. The maximum Gasteiger partial charge on any atom is 0.262 e. The lowest BCUT2D eigenvalue weighted by atomic mass is 10.1. The average molecular weight is 411 g/mol. The Kier molecular flexibility index (Phi) is 5.23. The van der Waals surface area contributed by atoms with E-state index in [2.05, 4.69) is 16.9 Å². The second-order valence-electron chi connectivity index (χ2n) is 6.06. The molecule has 142 valence electrons. The Labute approximate surface area is 170 Å². The number of anilines is 1. The summed E-state index contributed by atoms with van der Waals surface area (Å²) in [6.45, 7) is 6.28. The van der Waals surface area contributed by atoms with Crippen molar-refractivity contribution in [1.29, 1.82) is 0 Å². The van der Waals surface area contributed by atoms with E-state index in [4.69, 9.17) is 9.84 Å². The Hall–Kier alpha value is -2.97. The number of thiazole rings is 1. The lowest BCUT2D eigenvalue weighted by molar-refractivity contribution is -0.118. The first kappa shape index (κ1) is 18.4. The number of carbonyl (C=O) groups is 1. The fourth-order valence-corrected chi connectivity index (χ4v) is 4.28. The van der Waals surface area contributed by atoms with Crippen molar-refractivity contribution in [3.05, 3.63) is 63.4 Å². The molecule has 1 aromatic carbocycles. The second kappa shape index (κ2) is 7.95. The SMILES string of the molecule is C=CCN=c1scc(-c2ccc3c(c2)NC(=O)CO3)n1N=C(C)c1cccs1. The number of aromatic nitrogens is 1. The molecule has 0 unspecified atom stereocenters. The summed E-state index contributed by atoms with van der Waals surface area (Å²) in [4.78, 5) is 18.1. The number of nitrogens with zero attached hydrogens (tertiary/aromatic N) is 3. The second-order valence-corrected chi connectivity index (χ2v) is 7.84. The van der Waals surface area contributed by atoms with Gasteiger partial charge in [-0.2, -0.15) is 5.10 Å². The molecule has 0 radical (unpaired) electrons. The van der Waals surface area contributed by atoms with Gasteiger partial charge >= 0.3 is 0 Å². The van der Waals surface area contributed by atoms with Gasteiger partial charge in [-0.05, 0) is 36.6 Å². The van der Waals surface area contributed by atoms with E-state index in [0.717, 1.165) is 26.6 Å². The van der Waals surface area contributed by atoms with Crippen LogP contribution < -0.4 is 14.9 Å². The van der Waals surface area contributed by atoms with E-state index in [0.29, 0.717) is 18.0 Å². The summed E-state index contributed by atoms with van der Waals surface area (Å²) in [5, 5.41) is 11.7. The molecule has 2 aromatic heterocycles. The fourth-order valence-electron chi connectivity index (χ4n) is 2.77. The van der Waals surface area contributed by atoms with Crippen LogP contribution in [-0.4, -0.2) is 29.4 Å². The summed E-state index contributed by atoms with van der Waals surface area (Å²) in [5.74, 6) is 0.510. The number of rotatable bonds is 5. The number of fused-ring (bicyclic) bond motifs is 1. The molecule has 28 heavy (non-hydrogen) atoms. The van der Waals surface area contributed by atoms with E-state index in [1.165, 1.54) is 11.3 Å². The molecular formula is C20H18N4O2S2. The first-order chi connectivity index (χ1) is 13.7. The molecule has 1 aliphatic heterocycles. The zero-order chi connectivity index (χ0) is 19.5. The molecule has 0 saturated carbocycles. The number of hydrogen-bond acceptors (Lipinski definition) is 6. The fraction of sp³-hybridized carbons (Fsp3) is 0.150. The molecule has 4 rings (SSSR count). The van der Waals surface area contributed by atoms with Crippen LogP contribution in [0.4, 0.5) is 5.69 Å². The van der Waals surface area contributed by atoms with Gasteiger partial charge in [-0.25, -0.2) is 4.68 Å². The summed E-state index contributed by atoms with van der Waals surface area (Å²) < 4.78 is 7.30. The number of amides is 1. The van der Waals surface area contributed by atoms with E-state index in [-0.39, 0.29) is 12.5 Å². The smallest absolute Gasteiger partial charge is 0.262 e. The molecule has 0 atom stereocenters. The number of hydrogen-bond donors (Lipinski definition) is 1. The van der Waals surface area contributed by atoms with Gasteiger partial charge in [0.2, 0.25) is 4.80 Å². The largest absolute Gasteiger partial charge is 0.482 e. The Balaban J connectivity index is 1.83. The Morgan fingerprint density at radius 1 is 1.39 bits per heavy atom. The molecule has 1 amide bonds. The molecule has 3 aromatic rings. The third-order valence-electron chi connectivity index (χ3n) is 4.08. The van der Waals surface area contributed by atoms with Gasteiger partial charge in [0.1, 0.15) is 5.75 Å². The first-order valence-corrected chi connectivity index (χ1v) is 10.4. The minimum absolute atomic E-state index is 0.0414. The average Bonchev–Trinajstić information content (AvgIpc) is 3.36. The van der Waals surface area contributed by atoms with Gasteiger partial charge in [-0.1, -0.05) is 12.1 Å². The molecule has 0 spiro atoms. The minimum atomic E-state index is -0.156. The molecule has 8 heteroatoms. The van der Waals surface area contributed by atoms with E-state index >= 15 is 0 Å². The molecule has 0 bridgehead atoms. The zero-order valence-electron chi connectivity index (χ0n) is 15.2. The van der Waals surface area contributed by atoms with Gasteiger partial charge in [0.25, 0.3) is 5.91 Å². The highest BCUT2D eigenvalue weighted by Crippen LogP contribution is 2.33. The Morgan fingerprint density at radius 3 is 3.07 bits per heavy atom. The van der Waals surface area contributed by atoms with Crippen LogP contribution in [0, 0.1) is 0 Å².